The van der Waals surface area contributed by atoms with E-state index in [4.69, 9.17) is 19.4 Å². The third-order valence-corrected chi connectivity index (χ3v) is 19.4. The van der Waals surface area contributed by atoms with Crippen LogP contribution in [0.5, 0.6) is 0 Å². The lowest BCUT2D eigenvalue weighted by Gasteiger charge is -2.34. The normalized spacial score (nSPS) is 23.7. The lowest BCUT2D eigenvalue weighted by molar-refractivity contribution is -0.127. The lowest BCUT2D eigenvalue weighted by Crippen LogP contribution is -2.41. The summed E-state index contributed by atoms with van der Waals surface area (Å²) >= 11 is 0. The van der Waals surface area contributed by atoms with Crippen molar-refractivity contribution in [1.29, 1.82) is 0 Å². The summed E-state index contributed by atoms with van der Waals surface area (Å²) in [6.45, 7) is 26.1. The summed E-state index contributed by atoms with van der Waals surface area (Å²) in [4.78, 5) is 79.6. The van der Waals surface area contributed by atoms with Gasteiger partial charge in [-0.2, -0.15) is 16.8 Å². The van der Waals surface area contributed by atoms with E-state index in [0.717, 1.165) is 64.2 Å². The van der Waals surface area contributed by atoms with Crippen molar-refractivity contribution in [3.63, 3.8) is 0 Å². The zero-order valence-electron chi connectivity index (χ0n) is 51.7. The van der Waals surface area contributed by atoms with Gasteiger partial charge in [0.1, 0.15) is 47.1 Å². The topological polar surface area (TPSA) is 268 Å². The number of rotatable bonds is 10. The molecule has 0 aliphatic carbocycles. The monoisotopic (exact) mass is 1220 g/mol. The first-order valence-corrected chi connectivity index (χ1v) is 33.4. The van der Waals surface area contributed by atoms with Crippen molar-refractivity contribution in [1.82, 2.24) is 29.4 Å². The molecule has 468 valence electrons. The molecular weight excluding hydrogens is 1140 g/mol. The summed E-state index contributed by atoms with van der Waals surface area (Å²) < 4.78 is 69.2. The molecule has 4 aromatic heterocycles. The Kier molecular flexibility index (Phi) is 19.1. The van der Waals surface area contributed by atoms with Crippen LogP contribution in [0, 0.1) is 22.7 Å². The minimum atomic E-state index is -4.25. The number of sulfonamides is 2. The summed E-state index contributed by atoms with van der Waals surface area (Å²) in [5.74, 6) is 1.29. The summed E-state index contributed by atoms with van der Waals surface area (Å²) in [6, 6.07) is 15.7. The van der Waals surface area contributed by atoms with Gasteiger partial charge >= 0.3 is 0 Å². The molecule has 22 nitrogen and oxygen atoms in total. The maximum atomic E-state index is 13.6. The van der Waals surface area contributed by atoms with Crippen molar-refractivity contribution in [3.8, 4) is 0 Å². The van der Waals surface area contributed by atoms with Crippen LogP contribution in [0.3, 0.4) is 0 Å². The Morgan fingerprint density at radius 3 is 1.33 bits per heavy atom. The van der Waals surface area contributed by atoms with Gasteiger partial charge in [0.15, 0.2) is 10.1 Å². The van der Waals surface area contributed by atoms with Gasteiger partial charge in [0.2, 0.25) is 0 Å². The molecule has 10 heterocycles. The van der Waals surface area contributed by atoms with Crippen molar-refractivity contribution < 1.29 is 45.5 Å². The standard InChI is InChI=1S/2C31H44N6O5S/c2*1-30(2,3)15-8-18-42-23-14-17-36(29(23)39)25-13-12-22-27(34-25)37-20-21(19-31(37,4)5)9-7-16-32-24-10-6-11-26(33-24)43(40,41)35-28(22)38/h2*6,10-13,21,23H,7-9,14-20H2,1-5H3,(H,32,33)(H,35,38)/t2*21-,23?/m00/s1. The number of fused-ring (bicyclic) bond motifs is 12. The summed E-state index contributed by atoms with van der Waals surface area (Å²) in [5.41, 5.74) is -0.00120. The zero-order valence-corrected chi connectivity index (χ0v) is 53.3. The highest BCUT2D eigenvalue weighted by atomic mass is 32.2. The molecule has 0 radical (unpaired) electrons. The first kappa shape index (κ1) is 64.0. The molecule has 86 heavy (non-hydrogen) atoms. The van der Waals surface area contributed by atoms with Crippen molar-refractivity contribution in [2.75, 3.05) is 82.7 Å². The number of hydrogen-bond acceptors (Lipinski definition) is 18. The second-order valence-corrected chi connectivity index (χ2v) is 30.7. The molecule has 10 rings (SSSR count). The highest BCUT2D eigenvalue weighted by Crippen LogP contribution is 2.43. The molecule has 6 aliphatic rings. The predicted molar refractivity (Wildman–Crippen MR) is 332 cm³/mol. The lowest BCUT2D eigenvalue weighted by atomic mass is 9.91. The number of aromatic nitrogens is 4. The van der Waals surface area contributed by atoms with E-state index in [1.54, 1.807) is 58.3 Å². The highest BCUT2D eigenvalue weighted by Gasteiger charge is 2.44. The molecule has 4 fully saturated rings. The first-order chi connectivity index (χ1) is 40.5. The van der Waals surface area contributed by atoms with Crippen LogP contribution in [0.4, 0.5) is 34.9 Å². The van der Waals surface area contributed by atoms with E-state index in [0.29, 0.717) is 112 Å². The van der Waals surface area contributed by atoms with Crippen LogP contribution in [0.25, 0.3) is 0 Å². The molecule has 0 saturated carbocycles. The zero-order chi connectivity index (χ0) is 62.0. The number of nitrogens with one attached hydrogen (secondary N) is 4. The molecule has 2 unspecified atom stereocenters. The van der Waals surface area contributed by atoms with Crippen molar-refractivity contribution >= 4 is 78.6 Å². The van der Waals surface area contributed by atoms with Crippen LogP contribution in [-0.4, -0.2) is 136 Å². The number of carbonyl (C=O) groups excluding carboxylic acids is 4. The smallest absolute Gasteiger partial charge is 0.281 e. The van der Waals surface area contributed by atoms with E-state index in [2.05, 4.69) is 109 Å². The number of nitrogens with zero attached hydrogens (tertiary/aromatic N) is 8. The van der Waals surface area contributed by atoms with Gasteiger partial charge in [-0.15, -0.1) is 0 Å². The molecule has 4 atom stereocenters. The van der Waals surface area contributed by atoms with Crippen molar-refractivity contribution in [2.24, 2.45) is 22.7 Å². The first-order valence-electron chi connectivity index (χ1n) is 30.5. The van der Waals surface area contributed by atoms with Crippen LogP contribution < -0.4 is 39.7 Å². The third-order valence-electron chi connectivity index (χ3n) is 16.9. The van der Waals surface area contributed by atoms with Gasteiger partial charge in [-0.05, 0) is 163 Å². The molecule has 4 saturated heterocycles. The minimum Gasteiger partial charge on any atom is -0.370 e. The van der Waals surface area contributed by atoms with Gasteiger partial charge in [0, 0.05) is 76.4 Å². The summed E-state index contributed by atoms with van der Waals surface area (Å²) in [5, 5.41) is 5.92. The molecule has 4 aromatic rings. The Hall–Kier alpha value is -6.50. The molecule has 4 N–H and O–H groups in total. The van der Waals surface area contributed by atoms with Gasteiger partial charge in [0.25, 0.3) is 43.7 Å². The van der Waals surface area contributed by atoms with Gasteiger partial charge in [0.05, 0.1) is 11.1 Å². The Morgan fingerprint density at radius 1 is 0.547 bits per heavy atom. The quantitative estimate of drug-likeness (QED) is 0.108. The second-order valence-electron chi connectivity index (χ2n) is 27.4. The fourth-order valence-corrected chi connectivity index (χ4v) is 14.4. The van der Waals surface area contributed by atoms with Gasteiger partial charge in [-0.3, -0.25) is 29.0 Å². The molecule has 6 aliphatic heterocycles. The van der Waals surface area contributed by atoms with Gasteiger partial charge < -0.3 is 29.9 Å². The van der Waals surface area contributed by atoms with E-state index < -0.39 is 44.1 Å². The van der Waals surface area contributed by atoms with Crippen LogP contribution >= 0.6 is 0 Å². The molecule has 0 aromatic carbocycles. The van der Waals surface area contributed by atoms with E-state index >= 15 is 0 Å². The number of carbonyl (C=O) groups is 4. The summed E-state index contributed by atoms with van der Waals surface area (Å²) in [6.07, 6.45) is 9.26. The number of pyridine rings is 4. The molecular formula is C62H88N12O10S2. The van der Waals surface area contributed by atoms with Crippen LogP contribution in [0.15, 0.2) is 70.7 Å². The van der Waals surface area contributed by atoms with Gasteiger partial charge in [-0.25, -0.2) is 29.4 Å². The molecule has 8 bridgehead atoms. The molecule has 0 spiro atoms. The average Bonchev–Trinajstić information content (AvgIpc) is 1.85. The Balaban J connectivity index is 0.000000205. The SMILES string of the molecule is CC(C)(C)CCCOC1CCN(c2ccc3c(n2)N2C[C@@H](CCCNc4cccc(n4)S(=O)(=O)NC3=O)CC2(C)C)C1=O.CC(C)(C)CCCOC1CCN(c2ccc3c(n2)N2C[C@@H](CCCNc4cccc(n4)S(=O)(=O)NC3=O)CC2(C)C)C1=O. The number of hydrogen-bond donors (Lipinski definition) is 4. The Bertz CT molecular complexity index is 3160. The maximum absolute atomic E-state index is 13.6. The van der Waals surface area contributed by atoms with Gasteiger partial charge in [-0.1, -0.05) is 53.7 Å². The molecule has 24 heteroatoms. The van der Waals surface area contributed by atoms with Crippen LogP contribution in [0.2, 0.25) is 0 Å². The fourth-order valence-electron chi connectivity index (χ4n) is 12.6. The molecule has 4 amide bonds. The van der Waals surface area contributed by atoms with E-state index in [1.807, 2.05) is 0 Å². The van der Waals surface area contributed by atoms with Crippen LogP contribution in [0.1, 0.15) is 167 Å². The second kappa shape index (κ2) is 25.7. The third kappa shape index (κ3) is 15.4. The van der Waals surface area contributed by atoms with E-state index in [9.17, 15) is 36.0 Å². The average molecular weight is 1230 g/mol. The predicted octanol–water partition coefficient (Wildman–Crippen LogP) is 8.71. The van der Waals surface area contributed by atoms with Crippen molar-refractivity contribution in [2.45, 2.75) is 180 Å². The maximum Gasteiger partial charge on any atom is 0.281 e. The minimum absolute atomic E-state index is 0.131. The van der Waals surface area contributed by atoms with Crippen molar-refractivity contribution in [3.05, 3.63) is 71.8 Å². The summed E-state index contributed by atoms with van der Waals surface area (Å²) in [7, 11) is -8.51. The number of amides is 4. The van der Waals surface area contributed by atoms with Crippen LogP contribution in [-0.2, 0) is 39.1 Å². The number of ether oxygens (including phenoxy) is 2. The number of anilines is 6. The highest BCUT2D eigenvalue weighted by molar-refractivity contribution is 7.90. The largest absolute Gasteiger partial charge is 0.370 e. The van der Waals surface area contributed by atoms with E-state index in [1.165, 1.54) is 12.1 Å². The fraction of sp³-hybridized carbons (Fsp3) is 0.613. The Morgan fingerprint density at radius 2 is 0.942 bits per heavy atom. The Labute approximate surface area is 507 Å². The van der Waals surface area contributed by atoms with E-state index in [-0.39, 0.29) is 54.9 Å².